The quantitative estimate of drug-likeness (QED) is 0.853. The summed E-state index contributed by atoms with van der Waals surface area (Å²) in [6.45, 7) is 9.28. The van der Waals surface area contributed by atoms with Gasteiger partial charge in [0.2, 0.25) is 0 Å². The minimum atomic E-state index is -0.300. The fourth-order valence-corrected chi connectivity index (χ4v) is 1.94. The van der Waals surface area contributed by atoms with E-state index in [4.69, 9.17) is 0 Å². The molecule has 1 rings (SSSR count). The Morgan fingerprint density at radius 2 is 1.88 bits per heavy atom. The van der Waals surface area contributed by atoms with Crippen LogP contribution in [0.15, 0.2) is 18.2 Å². The van der Waals surface area contributed by atoms with Crippen LogP contribution in [-0.2, 0) is 6.61 Å². The molecule has 0 saturated carbocycles. The first-order valence-corrected chi connectivity index (χ1v) is 6.11. The molecule has 1 aromatic carbocycles. The zero-order chi connectivity index (χ0) is 13.0. The topological polar surface area (TPSA) is 23.5 Å². The lowest BCUT2D eigenvalue weighted by Crippen LogP contribution is -2.34. The van der Waals surface area contributed by atoms with Gasteiger partial charge in [-0.1, -0.05) is 13.8 Å². The molecule has 0 fully saturated rings. The number of halogens is 1. The van der Waals surface area contributed by atoms with Crippen molar-refractivity contribution in [1.29, 1.82) is 0 Å². The summed E-state index contributed by atoms with van der Waals surface area (Å²) in [4.78, 5) is 2.20. The molecule has 0 unspecified atom stereocenters. The Labute approximate surface area is 103 Å². The third-order valence-electron chi connectivity index (χ3n) is 2.71. The molecule has 0 radical (unpaired) electrons. The Morgan fingerprint density at radius 3 is 2.35 bits per heavy atom. The van der Waals surface area contributed by atoms with Gasteiger partial charge in [0.25, 0.3) is 0 Å². The molecule has 0 bridgehead atoms. The molecule has 0 aliphatic rings. The first-order valence-electron chi connectivity index (χ1n) is 6.11. The zero-order valence-corrected chi connectivity index (χ0v) is 11.1. The summed E-state index contributed by atoms with van der Waals surface area (Å²) in [7, 11) is 0. The van der Waals surface area contributed by atoms with Gasteiger partial charge in [0.15, 0.2) is 0 Å². The minimum Gasteiger partial charge on any atom is -0.392 e. The Kier molecular flexibility index (Phi) is 4.94. The van der Waals surface area contributed by atoms with E-state index in [1.807, 2.05) is 0 Å². The molecule has 0 aliphatic heterocycles. The third kappa shape index (κ3) is 3.70. The van der Waals surface area contributed by atoms with Crippen molar-refractivity contribution in [3.8, 4) is 0 Å². The Bertz CT molecular complexity index is 363. The van der Waals surface area contributed by atoms with Gasteiger partial charge >= 0.3 is 0 Å². The monoisotopic (exact) mass is 239 g/mol. The van der Waals surface area contributed by atoms with Crippen molar-refractivity contribution in [1.82, 2.24) is 0 Å². The van der Waals surface area contributed by atoms with Crippen LogP contribution < -0.4 is 4.90 Å². The highest BCUT2D eigenvalue weighted by molar-refractivity contribution is 5.54. The van der Waals surface area contributed by atoms with E-state index < -0.39 is 0 Å². The van der Waals surface area contributed by atoms with Gasteiger partial charge in [-0.05, 0) is 38.0 Å². The highest BCUT2D eigenvalue weighted by Gasteiger charge is 2.15. The van der Waals surface area contributed by atoms with Gasteiger partial charge in [-0.2, -0.15) is 0 Å². The van der Waals surface area contributed by atoms with Gasteiger partial charge in [-0.3, -0.25) is 0 Å². The van der Waals surface area contributed by atoms with Gasteiger partial charge in [-0.15, -0.1) is 0 Å². The van der Waals surface area contributed by atoms with Gasteiger partial charge in [-0.25, -0.2) is 4.39 Å². The summed E-state index contributed by atoms with van der Waals surface area (Å²) >= 11 is 0. The Balaban J connectivity index is 3.08. The fourth-order valence-electron chi connectivity index (χ4n) is 1.94. The van der Waals surface area contributed by atoms with Crippen LogP contribution in [0.5, 0.6) is 0 Å². The molecule has 96 valence electrons. The van der Waals surface area contributed by atoms with Crippen LogP contribution >= 0.6 is 0 Å². The van der Waals surface area contributed by atoms with E-state index >= 15 is 0 Å². The van der Waals surface area contributed by atoms with Crippen LogP contribution in [0.3, 0.4) is 0 Å². The van der Waals surface area contributed by atoms with E-state index in [1.54, 1.807) is 6.07 Å². The highest BCUT2D eigenvalue weighted by Crippen LogP contribution is 2.24. The van der Waals surface area contributed by atoms with Crippen LogP contribution in [0.2, 0.25) is 0 Å². The number of hydrogen-bond acceptors (Lipinski definition) is 2. The SMILES string of the molecule is CC(C)CN(c1ccc(F)cc1CO)C(C)C. The molecule has 3 heteroatoms. The second kappa shape index (κ2) is 6.01. The normalized spacial score (nSPS) is 11.3. The maximum atomic E-state index is 13.1. The number of benzene rings is 1. The van der Waals surface area contributed by atoms with Crippen molar-refractivity contribution in [2.75, 3.05) is 11.4 Å². The average Bonchev–Trinajstić information content (AvgIpc) is 2.25. The highest BCUT2D eigenvalue weighted by atomic mass is 19.1. The molecule has 0 saturated heterocycles. The van der Waals surface area contributed by atoms with Crippen molar-refractivity contribution in [3.63, 3.8) is 0 Å². The molecule has 1 N–H and O–H groups in total. The molecule has 0 spiro atoms. The summed E-state index contributed by atoms with van der Waals surface area (Å²) in [5.74, 6) is 0.222. The fraction of sp³-hybridized carbons (Fsp3) is 0.571. The van der Waals surface area contributed by atoms with Gasteiger partial charge < -0.3 is 10.0 Å². The molecule has 0 atom stereocenters. The van der Waals surface area contributed by atoms with E-state index in [1.165, 1.54) is 12.1 Å². The summed E-state index contributed by atoms with van der Waals surface area (Å²) in [6.07, 6.45) is 0. The van der Waals surface area contributed by atoms with Crippen LogP contribution in [0.25, 0.3) is 0 Å². The van der Waals surface area contributed by atoms with E-state index in [2.05, 4.69) is 32.6 Å². The molecule has 0 aromatic heterocycles. The van der Waals surface area contributed by atoms with Gasteiger partial charge in [0.1, 0.15) is 5.82 Å². The maximum absolute atomic E-state index is 13.1. The Morgan fingerprint density at radius 1 is 1.24 bits per heavy atom. The van der Waals surface area contributed by atoms with Crippen LogP contribution in [0.1, 0.15) is 33.3 Å². The number of rotatable bonds is 5. The molecule has 17 heavy (non-hydrogen) atoms. The summed E-state index contributed by atoms with van der Waals surface area (Å²) in [5, 5.41) is 9.31. The second-order valence-corrected chi connectivity index (χ2v) is 5.07. The van der Waals surface area contributed by atoms with Crippen molar-refractivity contribution < 1.29 is 9.50 Å². The number of nitrogens with zero attached hydrogens (tertiary/aromatic N) is 1. The lowest BCUT2D eigenvalue weighted by molar-refractivity contribution is 0.281. The molecule has 2 nitrogen and oxygen atoms in total. The minimum absolute atomic E-state index is 0.131. The molecule has 1 aromatic rings. The van der Waals surface area contributed by atoms with E-state index in [0.717, 1.165) is 12.2 Å². The first-order chi connectivity index (χ1) is 7.95. The lowest BCUT2D eigenvalue weighted by Gasteiger charge is -2.32. The maximum Gasteiger partial charge on any atom is 0.123 e. The molecule has 0 heterocycles. The molecular formula is C14H22FNO. The zero-order valence-electron chi connectivity index (χ0n) is 11.1. The first kappa shape index (κ1) is 14.0. The number of aliphatic hydroxyl groups is 1. The molecule has 0 amide bonds. The number of anilines is 1. The summed E-state index contributed by atoms with van der Waals surface area (Å²) in [5.41, 5.74) is 1.58. The number of aliphatic hydroxyl groups excluding tert-OH is 1. The lowest BCUT2D eigenvalue weighted by atomic mass is 10.1. The van der Waals surface area contributed by atoms with Crippen molar-refractivity contribution in [2.45, 2.75) is 40.3 Å². The van der Waals surface area contributed by atoms with Crippen LogP contribution in [0, 0.1) is 11.7 Å². The summed E-state index contributed by atoms with van der Waals surface area (Å²) in [6, 6.07) is 4.94. The number of hydrogen-bond donors (Lipinski definition) is 1. The Hall–Kier alpha value is -1.09. The van der Waals surface area contributed by atoms with Crippen molar-refractivity contribution in [3.05, 3.63) is 29.6 Å². The molecular weight excluding hydrogens is 217 g/mol. The second-order valence-electron chi connectivity index (χ2n) is 5.07. The average molecular weight is 239 g/mol. The smallest absolute Gasteiger partial charge is 0.123 e. The van der Waals surface area contributed by atoms with Gasteiger partial charge in [0, 0.05) is 23.8 Å². The van der Waals surface area contributed by atoms with Crippen molar-refractivity contribution >= 4 is 5.69 Å². The predicted molar refractivity (Wildman–Crippen MR) is 69.6 cm³/mol. The van der Waals surface area contributed by atoms with E-state index in [0.29, 0.717) is 17.5 Å². The summed E-state index contributed by atoms with van der Waals surface area (Å²) < 4.78 is 13.1. The molecule has 0 aliphatic carbocycles. The van der Waals surface area contributed by atoms with Crippen LogP contribution in [0.4, 0.5) is 10.1 Å². The predicted octanol–water partition coefficient (Wildman–Crippen LogP) is 3.19. The third-order valence-corrected chi connectivity index (χ3v) is 2.71. The van der Waals surface area contributed by atoms with E-state index in [9.17, 15) is 9.50 Å². The van der Waals surface area contributed by atoms with Crippen molar-refractivity contribution in [2.24, 2.45) is 5.92 Å². The standard InChI is InChI=1S/C14H22FNO/c1-10(2)8-16(11(3)4)14-6-5-13(15)7-12(14)9-17/h5-7,10-11,17H,8-9H2,1-4H3. The van der Waals surface area contributed by atoms with E-state index in [-0.39, 0.29) is 12.4 Å². The van der Waals surface area contributed by atoms with Gasteiger partial charge in [0.05, 0.1) is 6.61 Å². The van der Waals surface area contributed by atoms with Crippen LogP contribution in [-0.4, -0.2) is 17.7 Å². The largest absolute Gasteiger partial charge is 0.392 e.